The smallest absolute Gasteiger partial charge is 0.00981 e. The van der Waals surface area contributed by atoms with Gasteiger partial charge in [0, 0.05) is 12.5 Å². The van der Waals surface area contributed by atoms with Crippen LogP contribution in [-0.4, -0.2) is 25.7 Å². The Labute approximate surface area is 101 Å². The van der Waals surface area contributed by atoms with Gasteiger partial charge in [0.15, 0.2) is 0 Å². The predicted molar refractivity (Wildman–Crippen MR) is 70.4 cm³/mol. The molecule has 2 N–H and O–H groups in total. The first-order chi connectivity index (χ1) is 7.93. The summed E-state index contributed by atoms with van der Waals surface area (Å²) in [5.41, 5.74) is 0. The minimum Gasteiger partial charge on any atom is -0.317 e. The zero-order valence-electron chi connectivity index (χ0n) is 10.4. The third-order valence-electron chi connectivity index (χ3n) is 3.24. The molecule has 0 atom stereocenters. The molecule has 0 aromatic heterocycles. The van der Waals surface area contributed by atoms with E-state index < -0.39 is 0 Å². The highest BCUT2D eigenvalue weighted by Crippen LogP contribution is 2.16. The number of terminal acetylenes is 1. The van der Waals surface area contributed by atoms with Gasteiger partial charge in [0.25, 0.3) is 0 Å². The summed E-state index contributed by atoms with van der Waals surface area (Å²) < 4.78 is 0. The van der Waals surface area contributed by atoms with Crippen molar-refractivity contribution in [2.24, 2.45) is 0 Å². The summed E-state index contributed by atoms with van der Waals surface area (Å²) in [6.07, 6.45) is 15.5. The van der Waals surface area contributed by atoms with Crippen molar-refractivity contribution in [2.75, 3.05) is 19.6 Å². The van der Waals surface area contributed by atoms with Crippen molar-refractivity contribution < 1.29 is 0 Å². The van der Waals surface area contributed by atoms with Crippen LogP contribution in [0, 0.1) is 12.3 Å². The molecule has 0 unspecified atom stereocenters. The van der Waals surface area contributed by atoms with Crippen LogP contribution in [0.1, 0.15) is 51.4 Å². The molecule has 2 heteroatoms. The van der Waals surface area contributed by atoms with Crippen molar-refractivity contribution in [1.82, 2.24) is 10.6 Å². The summed E-state index contributed by atoms with van der Waals surface area (Å²) in [5, 5.41) is 7.07. The van der Waals surface area contributed by atoms with Gasteiger partial charge in [-0.2, -0.15) is 0 Å². The highest BCUT2D eigenvalue weighted by molar-refractivity contribution is 4.83. The van der Waals surface area contributed by atoms with Gasteiger partial charge >= 0.3 is 0 Å². The Bertz CT molecular complexity index is 189. The van der Waals surface area contributed by atoms with Crippen LogP contribution >= 0.6 is 0 Å². The van der Waals surface area contributed by atoms with Gasteiger partial charge < -0.3 is 10.6 Å². The Kier molecular flexibility index (Phi) is 8.20. The van der Waals surface area contributed by atoms with Crippen LogP contribution < -0.4 is 10.6 Å². The van der Waals surface area contributed by atoms with Crippen molar-refractivity contribution in [1.29, 1.82) is 0 Å². The molecule has 1 fully saturated rings. The lowest BCUT2D eigenvalue weighted by Crippen LogP contribution is -2.33. The normalized spacial score (nSPS) is 17.2. The molecular formula is C14H26N2. The number of hydrogen-bond acceptors (Lipinski definition) is 2. The third kappa shape index (κ3) is 6.87. The molecule has 0 aromatic carbocycles. The molecule has 1 rings (SSSR count). The quantitative estimate of drug-likeness (QED) is 0.486. The van der Waals surface area contributed by atoms with E-state index in [1.165, 1.54) is 38.5 Å². The second-order valence-corrected chi connectivity index (χ2v) is 4.70. The molecule has 0 aromatic rings. The summed E-state index contributed by atoms with van der Waals surface area (Å²) in [7, 11) is 0. The first-order valence-electron chi connectivity index (χ1n) is 6.81. The van der Waals surface area contributed by atoms with Gasteiger partial charge in [0.05, 0.1) is 0 Å². The van der Waals surface area contributed by atoms with E-state index in [1.807, 2.05) is 0 Å². The number of nitrogens with one attached hydrogen (secondary N) is 2. The van der Waals surface area contributed by atoms with Gasteiger partial charge in [-0.3, -0.25) is 0 Å². The lowest BCUT2D eigenvalue weighted by Gasteiger charge is -2.22. The number of unbranched alkanes of at least 4 members (excludes halogenated alkanes) is 1. The molecular weight excluding hydrogens is 196 g/mol. The van der Waals surface area contributed by atoms with Crippen LogP contribution in [0.4, 0.5) is 0 Å². The van der Waals surface area contributed by atoms with Gasteiger partial charge in [-0.05, 0) is 45.3 Å². The average molecular weight is 222 g/mol. The standard InChI is InChI=1S/C14H26N2/c1-2-3-7-11-15-12-8-13-16-14-9-5-4-6-10-14/h1,14-16H,3-13H2. The molecule has 16 heavy (non-hydrogen) atoms. The molecule has 2 nitrogen and oxygen atoms in total. The first kappa shape index (κ1) is 13.5. The van der Waals surface area contributed by atoms with Crippen LogP contribution in [0.25, 0.3) is 0 Å². The van der Waals surface area contributed by atoms with E-state index in [4.69, 9.17) is 6.42 Å². The molecule has 92 valence electrons. The predicted octanol–water partition coefficient (Wildman–Crippen LogP) is 2.30. The molecule has 0 aliphatic heterocycles. The van der Waals surface area contributed by atoms with Gasteiger partial charge in [0.1, 0.15) is 0 Å². The molecule has 0 spiro atoms. The molecule has 1 saturated carbocycles. The highest BCUT2D eigenvalue weighted by atomic mass is 14.9. The van der Waals surface area contributed by atoms with E-state index in [1.54, 1.807) is 0 Å². The van der Waals surface area contributed by atoms with Crippen molar-refractivity contribution in [3.63, 3.8) is 0 Å². The van der Waals surface area contributed by atoms with Crippen LogP contribution in [0.5, 0.6) is 0 Å². The fourth-order valence-corrected chi connectivity index (χ4v) is 2.27. The van der Waals surface area contributed by atoms with Gasteiger partial charge in [0.2, 0.25) is 0 Å². The minimum atomic E-state index is 0.801. The Balaban J connectivity index is 1.79. The zero-order chi connectivity index (χ0) is 11.5. The topological polar surface area (TPSA) is 24.1 Å². The van der Waals surface area contributed by atoms with Gasteiger partial charge in [-0.15, -0.1) is 12.3 Å². The lowest BCUT2D eigenvalue weighted by molar-refractivity contribution is 0.371. The first-order valence-corrected chi connectivity index (χ1v) is 6.81. The second-order valence-electron chi connectivity index (χ2n) is 4.70. The molecule has 0 amide bonds. The minimum absolute atomic E-state index is 0.801. The monoisotopic (exact) mass is 222 g/mol. The van der Waals surface area contributed by atoms with Gasteiger partial charge in [-0.25, -0.2) is 0 Å². The SMILES string of the molecule is C#CCCCNCCCNC1CCCCC1. The maximum Gasteiger partial charge on any atom is 0.00981 e. The molecule has 0 radical (unpaired) electrons. The number of hydrogen-bond donors (Lipinski definition) is 2. The second kappa shape index (κ2) is 9.69. The van der Waals surface area contributed by atoms with Gasteiger partial charge in [-0.1, -0.05) is 19.3 Å². The maximum atomic E-state index is 5.19. The van der Waals surface area contributed by atoms with Crippen molar-refractivity contribution in [2.45, 2.75) is 57.4 Å². The van der Waals surface area contributed by atoms with E-state index in [-0.39, 0.29) is 0 Å². The van der Waals surface area contributed by atoms with E-state index >= 15 is 0 Å². The largest absolute Gasteiger partial charge is 0.317 e. The summed E-state index contributed by atoms with van der Waals surface area (Å²) in [6.45, 7) is 3.34. The number of rotatable bonds is 8. The fourth-order valence-electron chi connectivity index (χ4n) is 2.27. The molecule has 1 aliphatic rings. The van der Waals surface area contributed by atoms with Crippen LogP contribution in [0.2, 0.25) is 0 Å². The van der Waals surface area contributed by atoms with Crippen molar-refractivity contribution in [3.8, 4) is 12.3 Å². The molecule has 0 heterocycles. The Hall–Kier alpha value is -0.520. The lowest BCUT2D eigenvalue weighted by atomic mass is 9.95. The Morgan fingerprint density at radius 2 is 1.75 bits per heavy atom. The van der Waals surface area contributed by atoms with E-state index in [0.29, 0.717) is 0 Å². The zero-order valence-corrected chi connectivity index (χ0v) is 10.4. The van der Waals surface area contributed by atoms with Crippen LogP contribution in [0.15, 0.2) is 0 Å². The van der Waals surface area contributed by atoms with E-state index in [2.05, 4.69) is 16.6 Å². The van der Waals surface area contributed by atoms with Crippen molar-refractivity contribution in [3.05, 3.63) is 0 Å². The average Bonchev–Trinajstić information content (AvgIpc) is 2.34. The molecule has 0 saturated heterocycles. The Morgan fingerprint density at radius 1 is 1.00 bits per heavy atom. The summed E-state index contributed by atoms with van der Waals surface area (Å²) in [6, 6.07) is 0.801. The Morgan fingerprint density at radius 3 is 2.50 bits per heavy atom. The fraction of sp³-hybridized carbons (Fsp3) is 0.857. The summed E-state index contributed by atoms with van der Waals surface area (Å²) in [4.78, 5) is 0. The summed E-state index contributed by atoms with van der Waals surface area (Å²) >= 11 is 0. The highest BCUT2D eigenvalue weighted by Gasteiger charge is 2.11. The molecule has 0 bridgehead atoms. The van der Waals surface area contributed by atoms with Crippen molar-refractivity contribution >= 4 is 0 Å². The summed E-state index contributed by atoms with van der Waals surface area (Å²) in [5.74, 6) is 2.66. The van der Waals surface area contributed by atoms with E-state index in [0.717, 1.165) is 38.5 Å². The third-order valence-corrected chi connectivity index (χ3v) is 3.24. The maximum absolute atomic E-state index is 5.19. The van der Waals surface area contributed by atoms with Crippen LogP contribution in [-0.2, 0) is 0 Å². The van der Waals surface area contributed by atoms with E-state index in [9.17, 15) is 0 Å². The molecule has 1 aliphatic carbocycles. The van der Waals surface area contributed by atoms with Crippen LogP contribution in [0.3, 0.4) is 0 Å².